The maximum absolute atomic E-state index is 12.5. The van der Waals surface area contributed by atoms with Gasteiger partial charge in [-0.1, -0.05) is 39.7 Å². The highest BCUT2D eigenvalue weighted by molar-refractivity contribution is 9.10. The van der Waals surface area contributed by atoms with Gasteiger partial charge in [0.15, 0.2) is 0 Å². The average molecular weight is 434 g/mol. The second kappa shape index (κ2) is 8.06. The molecule has 0 fully saturated rings. The van der Waals surface area contributed by atoms with E-state index in [-0.39, 0.29) is 16.5 Å². The van der Waals surface area contributed by atoms with Crippen LogP contribution >= 0.6 is 27.5 Å². The van der Waals surface area contributed by atoms with E-state index in [9.17, 15) is 13.2 Å². The van der Waals surface area contributed by atoms with E-state index in [1.807, 2.05) is 0 Å². The Morgan fingerprint density at radius 1 is 1.29 bits per heavy atom. The quantitative estimate of drug-likeness (QED) is 0.559. The summed E-state index contributed by atoms with van der Waals surface area (Å²) in [6, 6.07) is 8.92. The number of ether oxygens (including phenoxy) is 1. The van der Waals surface area contributed by atoms with E-state index in [0.29, 0.717) is 5.56 Å². The van der Waals surface area contributed by atoms with Gasteiger partial charge < -0.3 is 4.74 Å². The molecule has 0 spiro atoms. The lowest BCUT2D eigenvalue weighted by atomic mass is 10.1. The molecule has 9 heteroatoms. The lowest BCUT2D eigenvalue weighted by molar-refractivity contribution is -0.141. The Hall–Kier alpha value is -1.48. The molecule has 1 N–H and O–H groups in total. The highest BCUT2D eigenvalue weighted by atomic mass is 79.9. The molecule has 128 valence electrons. The van der Waals surface area contributed by atoms with Crippen molar-refractivity contribution in [3.8, 4) is 0 Å². The number of carbonyl (C=O) groups is 1. The third-order valence-electron chi connectivity index (χ3n) is 3.18. The minimum atomic E-state index is -3.88. The first kappa shape index (κ1) is 18.9. The molecule has 1 heterocycles. The molecule has 24 heavy (non-hydrogen) atoms. The monoisotopic (exact) mass is 432 g/mol. The van der Waals surface area contributed by atoms with Crippen LogP contribution in [0.5, 0.6) is 0 Å². The number of nitrogens with one attached hydrogen (secondary N) is 1. The molecule has 0 aliphatic rings. The fraction of sp³-hybridized carbons (Fsp3) is 0.200. The van der Waals surface area contributed by atoms with Crippen molar-refractivity contribution in [2.75, 3.05) is 7.11 Å². The second-order valence-electron chi connectivity index (χ2n) is 4.82. The van der Waals surface area contributed by atoms with Gasteiger partial charge in [-0.2, -0.15) is 0 Å². The number of benzene rings is 1. The average Bonchev–Trinajstić information content (AvgIpc) is 2.55. The molecule has 0 radical (unpaired) electrons. The number of methoxy groups -OCH3 is 1. The number of halogens is 2. The van der Waals surface area contributed by atoms with Crippen LogP contribution in [0.15, 0.2) is 52.0 Å². The molecule has 2 rings (SSSR count). The van der Waals surface area contributed by atoms with Gasteiger partial charge in [-0.25, -0.2) is 18.1 Å². The van der Waals surface area contributed by atoms with Gasteiger partial charge in [-0.05, 0) is 29.8 Å². The van der Waals surface area contributed by atoms with Crippen molar-refractivity contribution >= 4 is 43.5 Å². The molecule has 6 nitrogen and oxygen atoms in total. The number of rotatable bonds is 6. The molecule has 1 atom stereocenters. The number of nitrogens with zero attached hydrogens (tertiary/aromatic N) is 1. The zero-order chi connectivity index (χ0) is 17.7. The molecular formula is C15H14BrClN2O4S. The van der Waals surface area contributed by atoms with Crippen LogP contribution in [0.3, 0.4) is 0 Å². The molecule has 0 saturated heterocycles. The van der Waals surface area contributed by atoms with Crippen molar-refractivity contribution in [1.29, 1.82) is 0 Å². The maximum atomic E-state index is 12.5. The molecular weight excluding hydrogens is 420 g/mol. The SMILES string of the molecule is COC(=O)CC(NS(=O)(=O)c1ccc(Cl)nc1)c1ccc(Br)cc1. The largest absolute Gasteiger partial charge is 0.469 e. The summed E-state index contributed by atoms with van der Waals surface area (Å²) in [5.74, 6) is -0.528. The van der Waals surface area contributed by atoms with Crippen LogP contribution in [-0.2, 0) is 19.6 Å². The summed E-state index contributed by atoms with van der Waals surface area (Å²) < 4.78 is 33.0. The fourth-order valence-corrected chi connectivity index (χ4v) is 3.49. The van der Waals surface area contributed by atoms with E-state index in [1.54, 1.807) is 24.3 Å². The van der Waals surface area contributed by atoms with Crippen LogP contribution in [0.4, 0.5) is 0 Å². The Labute approximate surface area is 153 Å². The van der Waals surface area contributed by atoms with Crippen molar-refractivity contribution < 1.29 is 17.9 Å². The minimum absolute atomic E-state index is 0.0427. The third-order valence-corrected chi connectivity index (χ3v) is 5.39. The van der Waals surface area contributed by atoms with Crippen LogP contribution in [0.25, 0.3) is 0 Å². The van der Waals surface area contributed by atoms with E-state index in [0.717, 1.165) is 10.7 Å². The predicted molar refractivity (Wildman–Crippen MR) is 93.1 cm³/mol. The van der Waals surface area contributed by atoms with Gasteiger partial charge in [-0.15, -0.1) is 0 Å². The van der Waals surface area contributed by atoms with Gasteiger partial charge in [0.25, 0.3) is 0 Å². The van der Waals surface area contributed by atoms with Crippen molar-refractivity contribution in [2.24, 2.45) is 0 Å². The second-order valence-corrected chi connectivity index (χ2v) is 7.84. The maximum Gasteiger partial charge on any atom is 0.307 e. The fourth-order valence-electron chi connectivity index (χ4n) is 1.95. The number of hydrogen-bond donors (Lipinski definition) is 1. The van der Waals surface area contributed by atoms with Gasteiger partial charge in [0.1, 0.15) is 10.0 Å². The molecule has 2 aromatic rings. The Morgan fingerprint density at radius 2 is 1.96 bits per heavy atom. The summed E-state index contributed by atoms with van der Waals surface area (Å²) in [7, 11) is -2.63. The predicted octanol–water partition coefficient (Wildman–Crippen LogP) is 3.08. The van der Waals surface area contributed by atoms with Gasteiger partial charge in [0, 0.05) is 10.7 Å². The van der Waals surface area contributed by atoms with Crippen LogP contribution in [0, 0.1) is 0 Å². The molecule has 1 aromatic carbocycles. The van der Waals surface area contributed by atoms with Crippen LogP contribution in [0.2, 0.25) is 5.15 Å². The van der Waals surface area contributed by atoms with Crippen LogP contribution in [0.1, 0.15) is 18.0 Å². The number of aromatic nitrogens is 1. The number of esters is 1. The zero-order valence-electron chi connectivity index (χ0n) is 12.6. The molecule has 0 saturated carbocycles. The number of carbonyl (C=O) groups excluding carboxylic acids is 1. The Balaban J connectivity index is 2.31. The van der Waals surface area contributed by atoms with E-state index >= 15 is 0 Å². The first-order chi connectivity index (χ1) is 11.3. The van der Waals surface area contributed by atoms with Gasteiger partial charge >= 0.3 is 5.97 Å². The minimum Gasteiger partial charge on any atom is -0.469 e. The molecule has 1 aromatic heterocycles. The Bertz CT molecular complexity index is 810. The summed E-state index contributed by atoms with van der Waals surface area (Å²) in [4.78, 5) is 15.4. The summed E-state index contributed by atoms with van der Waals surface area (Å²) in [5.41, 5.74) is 0.633. The highest BCUT2D eigenvalue weighted by Crippen LogP contribution is 2.23. The van der Waals surface area contributed by atoms with Crippen molar-refractivity contribution in [2.45, 2.75) is 17.4 Å². The number of hydrogen-bond acceptors (Lipinski definition) is 5. The Morgan fingerprint density at radius 3 is 2.50 bits per heavy atom. The van der Waals surface area contributed by atoms with Gasteiger partial charge in [0.05, 0.1) is 19.6 Å². The molecule has 0 aliphatic heterocycles. The standard InChI is InChI=1S/C15H14BrClN2O4S/c1-23-15(20)8-13(10-2-4-11(16)5-3-10)19-24(21,22)12-6-7-14(17)18-9-12/h2-7,9,13,19H,8H2,1H3. The van der Waals surface area contributed by atoms with Gasteiger partial charge in [0.2, 0.25) is 10.0 Å². The molecule has 0 aliphatic carbocycles. The van der Waals surface area contributed by atoms with Gasteiger partial charge in [-0.3, -0.25) is 4.79 Å². The van der Waals surface area contributed by atoms with Crippen LogP contribution in [-0.4, -0.2) is 26.5 Å². The van der Waals surface area contributed by atoms with Crippen molar-refractivity contribution in [1.82, 2.24) is 9.71 Å². The summed E-state index contributed by atoms with van der Waals surface area (Å²) in [6.07, 6.45) is 1.01. The Kier molecular flexibility index (Phi) is 6.34. The highest BCUT2D eigenvalue weighted by Gasteiger charge is 2.24. The third kappa shape index (κ3) is 5.01. The molecule has 0 amide bonds. The first-order valence-corrected chi connectivity index (χ1v) is 9.43. The van der Waals surface area contributed by atoms with E-state index in [1.165, 1.54) is 19.2 Å². The molecule has 1 unspecified atom stereocenters. The lowest BCUT2D eigenvalue weighted by Crippen LogP contribution is -2.30. The summed E-state index contributed by atoms with van der Waals surface area (Å²) >= 11 is 8.99. The normalized spacial score (nSPS) is 12.6. The topological polar surface area (TPSA) is 85.4 Å². The van der Waals surface area contributed by atoms with E-state index < -0.39 is 22.0 Å². The van der Waals surface area contributed by atoms with Crippen molar-refractivity contribution in [3.63, 3.8) is 0 Å². The molecule has 0 bridgehead atoms. The first-order valence-electron chi connectivity index (χ1n) is 6.78. The number of sulfonamides is 1. The van der Waals surface area contributed by atoms with E-state index in [4.69, 9.17) is 11.6 Å². The lowest BCUT2D eigenvalue weighted by Gasteiger charge is -2.18. The van der Waals surface area contributed by atoms with Crippen molar-refractivity contribution in [3.05, 3.63) is 57.8 Å². The summed E-state index contributed by atoms with van der Waals surface area (Å²) in [5, 5.41) is 0.188. The van der Waals surface area contributed by atoms with E-state index in [2.05, 4.69) is 30.4 Å². The zero-order valence-corrected chi connectivity index (χ0v) is 15.7. The summed E-state index contributed by atoms with van der Waals surface area (Å²) in [6.45, 7) is 0. The van der Waals surface area contributed by atoms with Crippen LogP contribution < -0.4 is 4.72 Å². The smallest absolute Gasteiger partial charge is 0.307 e. The number of pyridine rings is 1.